The fourth-order valence-electron chi connectivity index (χ4n) is 1.42. The molecule has 1 nitrogen and oxygen atoms in total. The highest BCUT2D eigenvalue weighted by Gasteiger charge is 2.37. The summed E-state index contributed by atoms with van der Waals surface area (Å²) in [5.41, 5.74) is -3.54. The Hall–Kier alpha value is -1.17. The van der Waals surface area contributed by atoms with Crippen LogP contribution in [0.4, 0.5) is 22.0 Å². The van der Waals surface area contributed by atoms with E-state index in [4.69, 9.17) is 11.6 Å². The molecule has 1 rings (SSSR count). The maximum atomic E-state index is 12.6. The van der Waals surface area contributed by atoms with Crippen molar-refractivity contribution in [1.29, 1.82) is 0 Å². The van der Waals surface area contributed by atoms with Gasteiger partial charge in [0.05, 0.1) is 10.6 Å². The van der Waals surface area contributed by atoms with Gasteiger partial charge >= 0.3 is 6.18 Å². The summed E-state index contributed by atoms with van der Waals surface area (Å²) in [6, 6.07) is 1.23. The highest BCUT2D eigenvalue weighted by molar-refractivity contribution is 6.32. The van der Waals surface area contributed by atoms with E-state index in [1.807, 2.05) is 0 Å². The molecule has 7 heteroatoms. The molecule has 0 aliphatic carbocycles. The van der Waals surface area contributed by atoms with E-state index in [0.717, 1.165) is 6.92 Å². The quantitative estimate of drug-likeness (QED) is 0.572. The van der Waals surface area contributed by atoms with E-state index in [2.05, 4.69) is 0 Å². The molecular formula is C10H6ClF5O. The van der Waals surface area contributed by atoms with E-state index in [1.54, 1.807) is 0 Å². The minimum Gasteiger partial charge on any atom is -0.294 e. The smallest absolute Gasteiger partial charge is 0.294 e. The summed E-state index contributed by atoms with van der Waals surface area (Å²) in [4.78, 5) is 11.1. The van der Waals surface area contributed by atoms with Gasteiger partial charge in [0.2, 0.25) is 0 Å². The molecule has 0 amide bonds. The zero-order valence-corrected chi connectivity index (χ0v) is 9.16. The lowest BCUT2D eigenvalue weighted by Crippen LogP contribution is -2.14. The van der Waals surface area contributed by atoms with Crippen molar-refractivity contribution in [2.75, 3.05) is 0 Å². The molecule has 1 aromatic rings. The highest BCUT2D eigenvalue weighted by atomic mass is 35.5. The van der Waals surface area contributed by atoms with Crippen molar-refractivity contribution >= 4 is 17.4 Å². The van der Waals surface area contributed by atoms with Crippen LogP contribution >= 0.6 is 11.6 Å². The second kappa shape index (κ2) is 4.60. The molecule has 0 atom stereocenters. The molecule has 0 saturated carbocycles. The van der Waals surface area contributed by atoms with Crippen LogP contribution in [-0.2, 0) is 6.18 Å². The van der Waals surface area contributed by atoms with E-state index >= 15 is 0 Å². The molecule has 17 heavy (non-hydrogen) atoms. The van der Waals surface area contributed by atoms with Gasteiger partial charge in [0.1, 0.15) is 0 Å². The first-order valence-electron chi connectivity index (χ1n) is 4.35. The Bertz CT molecular complexity index is 453. The lowest BCUT2D eigenvalue weighted by molar-refractivity contribution is -0.138. The number of hydrogen-bond donors (Lipinski definition) is 0. The predicted octanol–water partition coefficient (Wildman–Crippen LogP) is 4.50. The summed E-state index contributed by atoms with van der Waals surface area (Å²) in [5, 5.41) is -0.557. The molecule has 0 aliphatic rings. The van der Waals surface area contributed by atoms with Crippen LogP contribution in [0.15, 0.2) is 12.1 Å². The third-order valence-electron chi connectivity index (χ3n) is 2.07. The van der Waals surface area contributed by atoms with Gasteiger partial charge < -0.3 is 0 Å². The van der Waals surface area contributed by atoms with Crippen LogP contribution in [0.3, 0.4) is 0 Å². The van der Waals surface area contributed by atoms with Gasteiger partial charge in [-0.2, -0.15) is 13.2 Å². The molecule has 1 aromatic carbocycles. The van der Waals surface area contributed by atoms with E-state index in [9.17, 15) is 26.7 Å². The molecular weight excluding hydrogens is 267 g/mol. The summed E-state index contributed by atoms with van der Waals surface area (Å²) in [6.07, 6.45) is -8.13. The third-order valence-corrected chi connectivity index (χ3v) is 2.40. The summed E-state index contributed by atoms with van der Waals surface area (Å²) in [7, 11) is 0. The predicted molar refractivity (Wildman–Crippen MR) is 51.4 cm³/mol. The zero-order chi connectivity index (χ0) is 13.4. The van der Waals surface area contributed by atoms with Crippen molar-refractivity contribution in [2.45, 2.75) is 19.5 Å². The van der Waals surface area contributed by atoms with Gasteiger partial charge in [0, 0.05) is 11.1 Å². The molecule has 0 radical (unpaired) electrons. The largest absolute Gasteiger partial charge is 0.417 e. The van der Waals surface area contributed by atoms with E-state index in [-0.39, 0.29) is 0 Å². The number of ketones is 1. The van der Waals surface area contributed by atoms with Gasteiger partial charge in [-0.15, -0.1) is 0 Å². The number of halogens is 6. The van der Waals surface area contributed by atoms with Crippen molar-refractivity contribution in [3.05, 3.63) is 33.8 Å². The molecule has 0 aromatic heterocycles. The maximum absolute atomic E-state index is 12.6. The number of rotatable bonds is 2. The van der Waals surface area contributed by atoms with Crippen LogP contribution in [0, 0.1) is 0 Å². The monoisotopic (exact) mass is 272 g/mol. The van der Waals surface area contributed by atoms with Gasteiger partial charge in [0.25, 0.3) is 6.43 Å². The van der Waals surface area contributed by atoms with Gasteiger partial charge in [-0.1, -0.05) is 11.6 Å². The molecule has 0 saturated heterocycles. The second-order valence-corrected chi connectivity index (χ2v) is 3.65. The molecule has 0 aliphatic heterocycles. The van der Waals surface area contributed by atoms with Crippen LogP contribution in [0.25, 0.3) is 0 Å². The lowest BCUT2D eigenvalue weighted by atomic mass is 9.97. The van der Waals surface area contributed by atoms with Crippen LogP contribution in [-0.4, -0.2) is 5.78 Å². The summed E-state index contributed by atoms with van der Waals surface area (Å²) >= 11 is 5.39. The third kappa shape index (κ3) is 2.74. The number of carbonyl (C=O) groups is 1. The van der Waals surface area contributed by atoms with Crippen molar-refractivity contribution in [3.8, 4) is 0 Å². The average Bonchev–Trinajstić information content (AvgIpc) is 2.14. The number of benzene rings is 1. The Labute approximate surface area is 98.2 Å². The first kappa shape index (κ1) is 13.9. The number of alkyl halides is 5. The number of hydrogen-bond acceptors (Lipinski definition) is 1. The normalized spacial score (nSPS) is 12.0. The van der Waals surface area contributed by atoms with Gasteiger partial charge in [-0.05, 0) is 19.1 Å². The molecule has 0 heterocycles. The Morgan fingerprint density at radius 1 is 1.29 bits per heavy atom. The van der Waals surface area contributed by atoms with Gasteiger partial charge in [0.15, 0.2) is 5.78 Å². The topological polar surface area (TPSA) is 17.1 Å². The van der Waals surface area contributed by atoms with Crippen molar-refractivity contribution in [1.82, 2.24) is 0 Å². The number of carbonyl (C=O) groups excluding carboxylic acids is 1. The van der Waals surface area contributed by atoms with Crippen molar-refractivity contribution < 1.29 is 26.7 Å². The fourth-order valence-corrected chi connectivity index (χ4v) is 1.66. The Balaban J connectivity index is 3.66. The molecule has 94 valence electrons. The molecule has 0 spiro atoms. The Kier molecular flexibility index (Phi) is 3.76. The highest BCUT2D eigenvalue weighted by Crippen LogP contribution is 2.39. The van der Waals surface area contributed by atoms with Crippen molar-refractivity contribution in [3.63, 3.8) is 0 Å². The van der Waals surface area contributed by atoms with Crippen LogP contribution in [0.1, 0.15) is 34.8 Å². The molecule has 0 fully saturated rings. The van der Waals surface area contributed by atoms with Crippen LogP contribution in [0.2, 0.25) is 5.02 Å². The Morgan fingerprint density at radius 3 is 2.18 bits per heavy atom. The van der Waals surface area contributed by atoms with Gasteiger partial charge in [-0.25, -0.2) is 8.78 Å². The first-order chi connectivity index (χ1) is 7.66. The number of Topliss-reactive ketones (excluding diaryl/α,β-unsaturated/α-hetero) is 1. The van der Waals surface area contributed by atoms with Crippen LogP contribution in [0.5, 0.6) is 0 Å². The van der Waals surface area contributed by atoms with Crippen molar-refractivity contribution in [2.24, 2.45) is 0 Å². The minimum atomic E-state index is -4.88. The summed E-state index contributed by atoms with van der Waals surface area (Å²) in [5.74, 6) is -1.10. The van der Waals surface area contributed by atoms with E-state index < -0.39 is 40.1 Å². The summed E-state index contributed by atoms with van der Waals surface area (Å²) in [6.45, 7) is 0.785. The maximum Gasteiger partial charge on any atom is 0.417 e. The minimum absolute atomic E-state index is 0.519. The SMILES string of the molecule is CC(=O)c1c(C(F)(F)F)ccc(Cl)c1C(F)F. The van der Waals surface area contributed by atoms with E-state index in [1.165, 1.54) is 0 Å². The van der Waals surface area contributed by atoms with E-state index in [0.29, 0.717) is 12.1 Å². The van der Waals surface area contributed by atoms with Gasteiger partial charge in [-0.3, -0.25) is 4.79 Å². The zero-order valence-electron chi connectivity index (χ0n) is 8.41. The molecule has 0 N–H and O–H groups in total. The molecule has 0 unspecified atom stereocenters. The Morgan fingerprint density at radius 2 is 1.82 bits per heavy atom. The molecule has 0 bridgehead atoms. The second-order valence-electron chi connectivity index (χ2n) is 3.24. The standard InChI is InChI=1S/C10H6ClF5O/c1-4(17)7-5(10(14,15)16)2-3-6(11)8(7)9(12)13/h2-3,9H,1H3. The first-order valence-corrected chi connectivity index (χ1v) is 4.72. The lowest BCUT2D eigenvalue weighted by Gasteiger charge is -2.15. The fraction of sp³-hybridized carbons (Fsp3) is 0.300. The average molecular weight is 273 g/mol. The van der Waals surface area contributed by atoms with Crippen LogP contribution < -0.4 is 0 Å². The summed E-state index contributed by atoms with van der Waals surface area (Å²) < 4.78 is 62.9.